The lowest BCUT2D eigenvalue weighted by atomic mass is 10.1. The Morgan fingerprint density at radius 1 is 1.14 bits per heavy atom. The highest BCUT2D eigenvalue weighted by Gasteiger charge is 2.38. The van der Waals surface area contributed by atoms with Crippen LogP contribution < -0.4 is 25.6 Å². The summed E-state index contributed by atoms with van der Waals surface area (Å²) in [5.74, 6) is 2.15. The average Bonchev–Trinajstić information content (AvgIpc) is 3.24. The molecule has 0 spiro atoms. The molecule has 2 fully saturated rings. The number of hydrogen-bond donors (Lipinski definition) is 3. The molecule has 112 valence electrons. The highest BCUT2D eigenvalue weighted by Crippen LogP contribution is 2.36. The smallest absolute Gasteiger partial charge is 0.242 e. The summed E-state index contributed by atoms with van der Waals surface area (Å²) in [6.45, 7) is 1.11. The summed E-state index contributed by atoms with van der Waals surface area (Å²) < 4.78 is 11.0. The lowest BCUT2D eigenvalue weighted by Gasteiger charge is -2.19. The zero-order chi connectivity index (χ0) is 14.2. The van der Waals surface area contributed by atoms with Gasteiger partial charge < -0.3 is 14.8 Å². The van der Waals surface area contributed by atoms with E-state index in [2.05, 4.69) is 16.2 Å². The molecule has 2 unspecified atom stereocenters. The first-order chi connectivity index (χ1) is 10.3. The van der Waals surface area contributed by atoms with Crippen molar-refractivity contribution in [2.45, 2.75) is 31.3 Å². The van der Waals surface area contributed by atoms with Gasteiger partial charge in [0.1, 0.15) is 19.3 Å². The number of amides is 1. The molecule has 3 N–H and O–H groups in total. The lowest BCUT2D eigenvalue weighted by Crippen LogP contribution is -2.40. The summed E-state index contributed by atoms with van der Waals surface area (Å²) in [5, 5.41) is 2.94. The third-order valence-electron chi connectivity index (χ3n) is 4.25. The van der Waals surface area contributed by atoms with Crippen molar-refractivity contribution in [1.82, 2.24) is 10.9 Å². The first kappa shape index (κ1) is 12.9. The topological polar surface area (TPSA) is 71.6 Å². The first-order valence-corrected chi connectivity index (χ1v) is 7.51. The molecule has 4 rings (SSSR count). The van der Waals surface area contributed by atoms with Gasteiger partial charge in [-0.3, -0.25) is 10.2 Å². The fraction of sp³-hybridized carbons (Fsp3) is 0.533. The van der Waals surface area contributed by atoms with Gasteiger partial charge in [-0.15, -0.1) is 0 Å². The summed E-state index contributed by atoms with van der Waals surface area (Å²) in [6.07, 6.45) is 3.40. The number of carbonyl (C=O) groups excluding carboxylic acids is 1. The molecule has 6 nitrogen and oxygen atoms in total. The predicted molar refractivity (Wildman–Crippen MR) is 77.3 cm³/mol. The Balaban J connectivity index is 1.40. The van der Waals surface area contributed by atoms with Gasteiger partial charge in [-0.05, 0) is 37.3 Å². The number of fused-ring (bicyclic) bond motifs is 1. The number of hydrogen-bond acceptors (Lipinski definition) is 5. The standard InChI is InChI=1S/C15H19N3O3/c19-15(12-8-11(17-18-12)9-1-2-9)16-10-3-4-13-14(7-10)21-6-5-20-13/h3-4,7,9,11-12,17-18H,1-2,5-6,8H2,(H,16,19). The molecule has 1 saturated carbocycles. The molecule has 1 aliphatic carbocycles. The second kappa shape index (κ2) is 5.20. The van der Waals surface area contributed by atoms with Gasteiger partial charge in [-0.1, -0.05) is 0 Å². The van der Waals surface area contributed by atoms with Crippen molar-refractivity contribution in [3.63, 3.8) is 0 Å². The van der Waals surface area contributed by atoms with Crippen LogP contribution in [0.2, 0.25) is 0 Å². The molecule has 0 aromatic heterocycles. The molecule has 1 saturated heterocycles. The molecule has 0 radical (unpaired) electrons. The van der Waals surface area contributed by atoms with Gasteiger partial charge in [0.2, 0.25) is 5.91 Å². The van der Waals surface area contributed by atoms with E-state index < -0.39 is 0 Å². The van der Waals surface area contributed by atoms with Gasteiger partial charge in [0.25, 0.3) is 0 Å². The van der Waals surface area contributed by atoms with Crippen LogP contribution in [0.3, 0.4) is 0 Å². The van der Waals surface area contributed by atoms with Gasteiger partial charge in [-0.2, -0.15) is 0 Å². The van der Waals surface area contributed by atoms with Gasteiger partial charge >= 0.3 is 0 Å². The maximum absolute atomic E-state index is 12.3. The molecule has 21 heavy (non-hydrogen) atoms. The van der Waals surface area contributed by atoms with Gasteiger partial charge in [-0.25, -0.2) is 5.43 Å². The van der Waals surface area contributed by atoms with Crippen molar-refractivity contribution in [3.8, 4) is 11.5 Å². The number of anilines is 1. The van der Waals surface area contributed by atoms with Crippen LogP contribution in [0.15, 0.2) is 18.2 Å². The summed E-state index contributed by atoms with van der Waals surface area (Å²) in [5.41, 5.74) is 7.06. The monoisotopic (exact) mass is 289 g/mol. The Morgan fingerprint density at radius 3 is 2.76 bits per heavy atom. The van der Waals surface area contributed by atoms with E-state index in [1.807, 2.05) is 18.2 Å². The van der Waals surface area contributed by atoms with Crippen LogP contribution in [-0.2, 0) is 4.79 Å². The molecule has 6 heteroatoms. The minimum Gasteiger partial charge on any atom is -0.486 e. The Morgan fingerprint density at radius 2 is 1.95 bits per heavy atom. The molecule has 1 aromatic carbocycles. The van der Waals surface area contributed by atoms with Crippen LogP contribution in [0.4, 0.5) is 5.69 Å². The van der Waals surface area contributed by atoms with E-state index in [-0.39, 0.29) is 11.9 Å². The first-order valence-electron chi connectivity index (χ1n) is 7.51. The highest BCUT2D eigenvalue weighted by atomic mass is 16.6. The van der Waals surface area contributed by atoms with Gasteiger partial charge in [0.05, 0.1) is 0 Å². The van der Waals surface area contributed by atoms with Crippen LogP contribution >= 0.6 is 0 Å². The number of carbonyl (C=O) groups is 1. The van der Waals surface area contributed by atoms with E-state index in [0.717, 1.165) is 23.8 Å². The van der Waals surface area contributed by atoms with E-state index in [4.69, 9.17) is 9.47 Å². The number of benzene rings is 1. The number of rotatable bonds is 3. The quantitative estimate of drug-likeness (QED) is 0.775. The van der Waals surface area contributed by atoms with Crippen molar-refractivity contribution in [1.29, 1.82) is 0 Å². The van der Waals surface area contributed by atoms with Crippen LogP contribution in [0, 0.1) is 5.92 Å². The molecule has 2 aliphatic heterocycles. The van der Waals surface area contributed by atoms with E-state index in [9.17, 15) is 4.79 Å². The van der Waals surface area contributed by atoms with Gasteiger partial charge in [0, 0.05) is 17.8 Å². The summed E-state index contributed by atoms with van der Waals surface area (Å²) in [4.78, 5) is 12.3. The lowest BCUT2D eigenvalue weighted by molar-refractivity contribution is -0.117. The second-order valence-electron chi connectivity index (χ2n) is 5.87. The second-order valence-corrected chi connectivity index (χ2v) is 5.87. The molecule has 2 atom stereocenters. The van der Waals surface area contributed by atoms with E-state index in [0.29, 0.717) is 25.0 Å². The minimum atomic E-state index is -0.177. The number of nitrogens with one attached hydrogen (secondary N) is 3. The highest BCUT2D eigenvalue weighted by molar-refractivity contribution is 5.95. The fourth-order valence-electron chi connectivity index (χ4n) is 2.91. The molecular formula is C15H19N3O3. The van der Waals surface area contributed by atoms with Crippen molar-refractivity contribution in [2.24, 2.45) is 5.92 Å². The van der Waals surface area contributed by atoms with Gasteiger partial charge in [0.15, 0.2) is 11.5 Å². The molecule has 1 aromatic rings. The van der Waals surface area contributed by atoms with E-state index >= 15 is 0 Å². The molecular weight excluding hydrogens is 270 g/mol. The third kappa shape index (κ3) is 2.69. The summed E-state index contributed by atoms with van der Waals surface area (Å²) in [7, 11) is 0. The Bertz CT molecular complexity index is 559. The summed E-state index contributed by atoms with van der Waals surface area (Å²) in [6, 6.07) is 5.74. The molecule has 2 heterocycles. The van der Waals surface area contributed by atoms with Crippen molar-refractivity contribution in [2.75, 3.05) is 18.5 Å². The average molecular weight is 289 g/mol. The molecule has 1 amide bonds. The predicted octanol–water partition coefficient (Wildman–Crippen LogP) is 1.04. The maximum atomic E-state index is 12.3. The van der Waals surface area contributed by atoms with Crippen LogP contribution in [0.25, 0.3) is 0 Å². The fourth-order valence-corrected chi connectivity index (χ4v) is 2.91. The van der Waals surface area contributed by atoms with Crippen molar-refractivity contribution >= 4 is 11.6 Å². The Kier molecular flexibility index (Phi) is 3.20. The normalized spacial score (nSPS) is 27.4. The Hall–Kier alpha value is -1.79. The zero-order valence-corrected chi connectivity index (χ0v) is 11.7. The number of hydrazine groups is 1. The molecule has 3 aliphatic rings. The van der Waals surface area contributed by atoms with E-state index in [1.54, 1.807) is 0 Å². The van der Waals surface area contributed by atoms with E-state index in [1.165, 1.54) is 12.8 Å². The van der Waals surface area contributed by atoms with Crippen LogP contribution in [0.5, 0.6) is 11.5 Å². The zero-order valence-electron chi connectivity index (χ0n) is 11.7. The van der Waals surface area contributed by atoms with Crippen molar-refractivity contribution < 1.29 is 14.3 Å². The largest absolute Gasteiger partial charge is 0.486 e. The van der Waals surface area contributed by atoms with Crippen LogP contribution in [-0.4, -0.2) is 31.2 Å². The van der Waals surface area contributed by atoms with Crippen molar-refractivity contribution in [3.05, 3.63) is 18.2 Å². The summed E-state index contributed by atoms with van der Waals surface area (Å²) >= 11 is 0. The number of ether oxygens (including phenoxy) is 2. The SMILES string of the molecule is O=C(Nc1ccc2c(c1)OCCO2)C1CC(C2CC2)NN1. The minimum absolute atomic E-state index is 0.0117. The third-order valence-corrected chi connectivity index (χ3v) is 4.25. The Labute approximate surface area is 123 Å². The van der Waals surface area contributed by atoms with Crippen LogP contribution in [0.1, 0.15) is 19.3 Å². The maximum Gasteiger partial charge on any atom is 0.242 e. The molecule has 0 bridgehead atoms.